The van der Waals surface area contributed by atoms with Crippen LogP contribution in [0.25, 0.3) is 0 Å². The fraction of sp³-hybridized carbons (Fsp3) is 0.629. The Labute approximate surface area is 236 Å². The van der Waals surface area contributed by atoms with Gasteiger partial charge in [0, 0.05) is 17.8 Å². The Bertz CT molecular complexity index is 1190. The largest absolute Gasteiger partial charge is 0.458 e. The van der Waals surface area contributed by atoms with E-state index in [9.17, 15) is 4.79 Å². The average molecular weight is 531 g/mol. The first-order chi connectivity index (χ1) is 18.4. The molecule has 212 valence electrons. The molecule has 7 unspecified atom stereocenters. The van der Waals surface area contributed by atoms with Crippen molar-refractivity contribution in [3.8, 4) is 0 Å². The van der Waals surface area contributed by atoms with Crippen molar-refractivity contribution in [1.29, 1.82) is 0 Å². The zero-order chi connectivity index (χ0) is 28.2. The van der Waals surface area contributed by atoms with Crippen molar-refractivity contribution in [2.75, 3.05) is 11.5 Å². The summed E-state index contributed by atoms with van der Waals surface area (Å²) in [6.45, 7) is 14.7. The summed E-state index contributed by atoms with van der Waals surface area (Å²) in [5, 5.41) is 0. The van der Waals surface area contributed by atoms with Crippen molar-refractivity contribution in [3.63, 3.8) is 0 Å². The molecule has 4 aliphatic carbocycles. The molecule has 4 nitrogen and oxygen atoms in total. The van der Waals surface area contributed by atoms with Gasteiger partial charge in [0.1, 0.15) is 6.10 Å². The molecule has 0 aliphatic heterocycles. The summed E-state index contributed by atoms with van der Waals surface area (Å²) in [7, 11) is 0. The van der Waals surface area contributed by atoms with E-state index in [1.54, 1.807) is 23.8 Å². The van der Waals surface area contributed by atoms with E-state index in [-0.39, 0.29) is 22.9 Å². The van der Waals surface area contributed by atoms with Crippen LogP contribution < -0.4 is 11.5 Å². The number of hydrogen-bond acceptors (Lipinski definition) is 4. The molecule has 4 heteroatoms. The SMILES string of the molecule is CC(C)C/C=C/C(C)C1CCC2(C)C3=CC=C4CC(OC(=O)c5cc(N)cc(N)c5)CCC4(C)C3CCC12C. The summed E-state index contributed by atoms with van der Waals surface area (Å²) < 4.78 is 5.99. The molecule has 0 radical (unpaired) electrons. The van der Waals surface area contributed by atoms with E-state index >= 15 is 0 Å². The fourth-order valence-electron chi connectivity index (χ4n) is 9.04. The quantitative estimate of drug-likeness (QED) is 0.219. The fourth-order valence-corrected chi connectivity index (χ4v) is 9.04. The number of benzene rings is 1. The smallest absolute Gasteiger partial charge is 0.338 e. The minimum atomic E-state index is -0.329. The molecule has 1 aromatic rings. The highest BCUT2D eigenvalue weighted by Crippen LogP contribution is 2.71. The molecule has 0 heterocycles. The lowest BCUT2D eigenvalue weighted by molar-refractivity contribution is -0.0124. The number of hydrogen-bond donors (Lipinski definition) is 2. The van der Waals surface area contributed by atoms with E-state index in [4.69, 9.17) is 16.2 Å². The molecule has 0 spiro atoms. The van der Waals surface area contributed by atoms with Crippen LogP contribution in [0.15, 0.2) is 53.6 Å². The number of fused-ring (bicyclic) bond motifs is 5. The first-order valence-electron chi connectivity index (χ1n) is 15.3. The lowest BCUT2D eigenvalue weighted by Crippen LogP contribution is -2.51. The maximum absolute atomic E-state index is 12.9. The van der Waals surface area contributed by atoms with Crippen LogP contribution in [0, 0.1) is 39.9 Å². The van der Waals surface area contributed by atoms with Crippen molar-refractivity contribution in [1.82, 2.24) is 0 Å². The Morgan fingerprint density at radius 3 is 2.41 bits per heavy atom. The summed E-state index contributed by atoms with van der Waals surface area (Å²) in [5.41, 5.74) is 17.1. The zero-order valence-corrected chi connectivity index (χ0v) is 25.1. The van der Waals surface area contributed by atoms with E-state index in [0.717, 1.165) is 31.1 Å². The molecule has 7 atom stereocenters. The molecule has 3 saturated carbocycles. The van der Waals surface area contributed by atoms with Crippen LogP contribution in [-0.4, -0.2) is 12.1 Å². The van der Waals surface area contributed by atoms with Crippen LogP contribution in [0.1, 0.15) is 103 Å². The highest BCUT2D eigenvalue weighted by Gasteiger charge is 2.62. The third-order valence-electron chi connectivity index (χ3n) is 11.6. The minimum Gasteiger partial charge on any atom is -0.458 e. The summed E-state index contributed by atoms with van der Waals surface area (Å²) in [6, 6.07) is 4.96. The molecule has 4 N–H and O–H groups in total. The Morgan fingerprint density at radius 1 is 1.00 bits per heavy atom. The van der Waals surface area contributed by atoms with Crippen molar-refractivity contribution in [2.45, 2.75) is 99.0 Å². The number of carbonyl (C=O) groups is 1. The van der Waals surface area contributed by atoms with Gasteiger partial charge in [0.05, 0.1) is 5.56 Å². The number of carbonyl (C=O) groups excluding carboxylic acids is 1. The Morgan fingerprint density at radius 2 is 1.72 bits per heavy atom. The Kier molecular flexibility index (Phi) is 7.31. The van der Waals surface area contributed by atoms with Gasteiger partial charge >= 0.3 is 5.97 Å². The third-order valence-corrected chi connectivity index (χ3v) is 11.6. The van der Waals surface area contributed by atoms with Crippen LogP contribution in [0.2, 0.25) is 0 Å². The molecule has 3 fully saturated rings. The van der Waals surface area contributed by atoms with Gasteiger partial charge in [-0.1, -0.05) is 77.0 Å². The lowest BCUT2D eigenvalue weighted by Gasteiger charge is -2.59. The van der Waals surface area contributed by atoms with E-state index in [0.29, 0.717) is 34.2 Å². The second-order valence-electron chi connectivity index (χ2n) is 14.3. The standard InChI is InChI=1S/C35H50N2O2/c1-22(2)8-7-9-23(3)29-13-16-35(6)31-11-10-25-20-28(39-32(38)24-18-26(36)21-27(37)19-24)12-15-33(25,4)30(31)14-17-34(29,35)5/h7,9-11,18-19,21-23,28-30H,8,12-17,20,36-37H2,1-6H3/b9-7+. The van der Waals surface area contributed by atoms with Gasteiger partial charge in [-0.05, 0) is 103 Å². The Hall–Kier alpha value is -2.49. The molecular weight excluding hydrogens is 480 g/mol. The topological polar surface area (TPSA) is 78.3 Å². The summed E-state index contributed by atoms with van der Waals surface area (Å²) >= 11 is 0. The second-order valence-corrected chi connectivity index (χ2v) is 14.3. The maximum atomic E-state index is 12.9. The van der Waals surface area contributed by atoms with Gasteiger partial charge in [-0.25, -0.2) is 4.79 Å². The number of esters is 1. The van der Waals surface area contributed by atoms with Crippen LogP contribution in [-0.2, 0) is 4.74 Å². The summed E-state index contributed by atoms with van der Waals surface area (Å²) in [6.07, 6.45) is 18.9. The van der Waals surface area contributed by atoms with Gasteiger partial charge in [0.25, 0.3) is 0 Å². The van der Waals surface area contributed by atoms with Crippen molar-refractivity contribution in [3.05, 3.63) is 59.2 Å². The van der Waals surface area contributed by atoms with Crippen LogP contribution in [0.3, 0.4) is 0 Å². The van der Waals surface area contributed by atoms with Crippen LogP contribution >= 0.6 is 0 Å². The number of nitrogen functional groups attached to an aromatic ring is 2. The molecule has 39 heavy (non-hydrogen) atoms. The normalized spacial score (nSPS) is 36.5. The highest BCUT2D eigenvalue weighted by molar-refractivity contribution is 5.91. The van der Waals surface area contributed by atoms with Crippen molar-refractivity contribution in [2.24, 2.45) is 39.9 Å². The molecule has 5 rings (SSSR count). The molecule has 0 saturated heterocycles. The van der Waals surface area contributed by atoms with Gasteiger partial charge in [0.15, 0.2) is 0 Å². The van der Waals surface area contributed by atoms with Gasteiger partial charge in [-0.15, -0.1) is 0 Å². The second kappa shape index (κ2) is 10.2. The molecular formula is C35H50N2O2. The van der Waals surface area contributed by atoms with Gasteiger partial charge in [0.2, 0.25) is 0 Å². The summed E-state index contributed by atoms with van der Waals surface area (Å²) in [5.74, 6) is 2.34. The lowest BCUT2D eigenvalue weighted by atomic mass is 9.45. The van der Waals surface area contributed by atoms with Crippen LogP contribution in [0.4, 0.5) is 11.4 Å². The van der Waals surface area contributed by atoms with E-state index < -0.39 is 0 Å². The third kappa shape index (κ3) is 4.76. The first-order valence-corrected chi connectivity index (χ1v) is 15.3. The van der Waals surface area contributed by atoms with Crippen LogP contribution in [0.5, 0.6) is 0 Å². The number of anilines is 2. The average Bonchev–Trinajstić information content (AvgIpc) is 3.14. The predicted octanol–water partition coefficient (Wildman–Crippen LogP) is 8.50. The first kappa shape index (κ1) is 28.1. The molecule has 1 aromatic carbocycles. The van der Waals surface area contributed by atoms with Crippen molar-refractivity contribution < 1.29 is 9.53 Å². The maximum Gasteiger partial charge on any atom is 0.338 e. The number of allylic oxidation sites excluding steroid dienone is 5. The highest BCUT2D eigenvalue weighted by atomic mass is 16.5. The molecule has 4 aliphatic rings. The molecule has 0 aromatic heterocycles. The van der Waals surface area contributed by atoms with E-state index in [1.807, 2.05) is 0 Å². The van der Waals surface area contributed by atoms with Crippen molar-refractivity contribution >= 4 is 17.3 Å². The van der Waals surface area contributed by atoms with Gasteiger partial charge in [-0.3, -0.25) is 0 Å². The number of rotatable bonds is 6. The minimum absolute atomic E-state index is 0.104. The summed E-state index contributed by atoms with van der Waals surface area (Å²) in [4.78, 5) is 12.9. The van der Waals surface area contributed by atoms with E-state index in [1.165, 1.54) is 37.7 Å². The van der Waals surface area contributed by atoms with Gasteiger partial charge in [-0.2, -0.15) is 0 Å². The zero-order valence-electron chi connectivity index (χ0n) is 25.1. The predicted molar refractivity (Wildman–Crippen MR) is 162 cm³/mol. The number of ether oxygens (including phenoxy) is 1. The number of nitrogens with two attached hydrogens (primary N) is 2. The molecule has 0 bridgehead atoms. The van der Waals surface area contributed by atoms with E-state index in [2.05, 4.69) is 65.8 Å². The van der Waals surface area contributed by atoms with Gasteiger partial charge < -0.3 is 16.2 Å². The molecule has 0 amide bonds. The monoisotopic (exact) mass is 530 g/mol. The Balaban J connectivity index is 1.34.